The van der Waals surface area contributed by atoms with Gasteiger partial charge in [0.1, 0.15) is 5.52 Å². The van der Waals surface area contributed by atoms with Gasteiger partial charge in [-0.3, -0.25) is 10.1 Å². The fourth-order valence-corrected chi connectivity index (χ4v) is 1.87. The van der Waals surface area contributed by atoms with Crippen LogP contribution in [0.2, 0.25) is 0 Å². The van der Waals surface area contributed by atoms with Crippen LogP contribution in [0.3, 0.4) is 0 Å². The Morgan fingerprint density at radius 1 is 1.05 bits per heavy atom. The van der Waals surface area contributed by atoms with E-state index < -0.39 is 10.5 Å². The molecule has 0 aliphatic heterocycles. The SMILES string of the molecule is O=c1oc2ccccc2nc1-c1ccc([N+](=O)[O-])cc1. The van der Waals surface area contributed by atoms with Crippen molar-refractivity contribution in [1.82, 2.24) is 4.98 Å². The third kappa shape index (κ3) is 2.03. The molecule has 1 aromatic heterocycles. The molecule has 0 amide bonds. The molecule has 0 spiro atoms. The summed E-state index contributed by atoms with van der Waals surface area (Å²) in [6, 6.07) is 12.5. The Bertz CT molecular complexity index is 853. The molecule has 6 nitrogen and oxygen atoms in total. The molecule has 0 fully saturated rings. The summed E-state index contributed by atoms with van der Waals surface area (Å²) < 4.78 is 5.17. The lowest BCUT2D eigenvalue weighted by atomic mass is 10.1. The van der Waals surface area contributed by atoms with Gasteiger partial charge < -0.3 is 4.42 Å². The van der Waals surface area contributed by atoms with E-state index >= 15 is 0 Å². The number of nitrogens with zero attached hydrogens (tertiary/aromatic N) is 2. The zero-order valence-electron chi connectivity index (χ0n) is 10.1. The molecule has 98 valence electrons. The number of benzene rings is 2. The second-order valence-corrected chi connectivity index (χ2v) is 4.12. The summed E-state index contributed by atoms with van der Waals surface area (Å²) in [4.78, 5) is 26.2. The Morgan fingerprint density at radius 3 is 2.45 bits per heavy atom. The molecule has 0 saturated heterocycles. The second-order valence-electron chi connectivity index (χ2n) is 4.12. The lowest BCUT2D eigenvalue weighted by molar-refractivity contribution is -0.384. The summed E-state index contributed by atoms with van der Waals surface area (Å²) >= 11 is 0. The highest BCUT2D eigenvalue weighted by Crippen LogP contribution is 2.20. The molecular weight excluding hydrogens is 260 g/mol. The molecule has 3 aromatic rings. The first-order chi connectivity index (χ1) is 9.65. The van der Waals surface area contributed by atoms with Crippen LogP contribution >= 0.6 is 0 Å². The zero-order valence-corrected chi connectivity index (χ0v) is 10.1. The van der Waals surface area contributed by atoms with Gasteiger partial charge in [-0.2, -0.15) is 0 Å². The second kappa shape index (κ2) is 4.58. The number of aromatic nitrogens is 1. The molecule has 0 atom stereocenters. The van der Waals surface area contributed by atoms with Crippen LogP contribution in [0.1, 0.15) is 0 Å². The first-order valence-electron chi connectivity index (χ1n) is 5.80. The maximum absolute atomic E-state index is 11.9. The van der Waals surface area contributed by atoms with Gasteiger partial charge in [0.15, 0.2) is 11.3 Å². The highest BCUT2D eigenvalue weighted by Gasteiger charge is 2.11. The minimum Gasteiger partial charge on any atom is -0.419 e. The molecule has 20 heavy (non-hydrogen) atoms. The predicted octanol–water partition coefficient (Wildman–Crippen LogP) is 2.76. The Kier molecular flexibility index (Phi) is 2.76. The van der Waals surface area contributed by atoms with Crippen LogP contribution in [0, 0.1) is 10.1 Å². The van der Waals surface area contributed by atoms with Crippen LogP contribution in [0.5, 0.6) is 0 Å². The largest absolute Gasteiger partial charge is 0.419 e. The Hall–Kier alpha value is -3.02. The molecule has 0 unspecified atom stereocenters. The normalized spacial score (nSPS) is 10.6. The average Bonchev–Trinajstić information content (AvgIpc) is 2.46. The van der Waals surface area contributed by atoms with Crippen LogP contribution in [-0.2, 0) is 0 Å². The lowest BCUT2D eigenvalue weighted by Gasteiger charge is -2.01. The van der Waals surface area contributed by atoms with Crippen molar-refractivity contribution in [2.75, 3.05) is 0 Å². The minimum atomic E-state index is -0.572. The number of para-hydroxylation sites is 2. The van der Waals surface area contributed by atoms with E-state index in [1.165, 1.54) is 24.3 Å². The highest BCUT2D eigenvalue weighted by atomic mass is 16.6. The summed E-state index contributed by atoms with van der Waals surface area (Å²) in [6.07, 6.45) is 0. The molecule has 0 radical (unpaired) electrons. The van der Waals surface area contributed by atoms with Gasteiger partial charge in [-0.1, -0.05) is 12.1 Å². The summed E-state index contributed by atoms with van der Waals surface area (Å²) in [5, 5.41) is 10.6. The number of hydrogen-bond donors (Lipinski definition) is 0. The van der Waals surface area contributed by atoms with Crippen molar-refractivity contribution in [3.63, 3.8) is 0 Å². The molecule has 2 aromatic carbocycles. The van der Waals surface area contributed by atoms with E-state index in [1.54, 1.807) is 24.3 Å². The van der Waals surface area contributed by atoms with Gasteiger partial charge in [0.05, 0.1) is 4.92 Å². The van der Waals surface area contributed by atoms with Crippen molar-refractivity contribution in [3.8, 4) is 11.3 Å². The summed E-state index contributed by atoms with van der Waals surface area (Å²) in [5.41, 5.74) is 0.966. The first kappa shape index (κ1) is 12.0. The number of non-ortho nitro benzene ring substituents is 1. The number of fused-ring (bicyclic) bond motifs is 1. The van der Waals surface area contributed by atoms with Crippen molar-refractivity contribution in [2.24, 2.45) is 0 Å². The Balaban J connectivity index is 2.16. The third-order valence-electron chi connectivity index (χ3n) is 2.85. The number of nitro groups is 1. The minimum absolute atomic E-state index is 0.0427. The van der Waals surface area contributed by atoms with E-state index in [-0.39, 0.29) is 11.4 Å². The van der Waals surface area contributed by atoms with Crippen molar-refractivity contribution < 1.29 is 9.34 Å². The summed E-state index contributed by atoms with van der Waals surface area (Å²) in [5.74, 6) is 0. The van der Waals surface area contributed by atoms with E-state index in [9.17, 15) is 14.9 Å². The van der Waals surface area contributed by atoms with Crippen LogP contribution < -0.4 is 5.63 Å². The molecule has 0 saturated carbocycles. The van der Waals surface area contributed by atoms with Gasteiger partial charge >= 0.3 is 5.63 Å². The first-order valence-corrected chi connectivity index (χ1v) is 5.80. The fourth-order valence-electron chi connectivity index (χ4n) is 1.87. The molecule has 0 N–H and O–H groups in total. The van der Waals surface area contributed by atoms with E-state index in [0.29, 0.717) is 16.7 Å². The van der Waals surface area contributed by atoms with Crippen molar-refractivity contribution in [1.29, 1.82) is 0 Å². The zero-order chi connectivity index (χ0) is 14.1. The fraction of sp³-hybridized carbons (Fsp3) is 0. The topological polar surface area (TPSA) is 86.2 Å². The standard InChI is InChI=1S/C14H8N2O4/c17-14-13(9-5-7-10(8-6-9)16(18)19)15-11-3-1-2-4-12(11)20-14/h1-8H. The molecular formula is C14H8N2O4. The molecule has 6 heteroatoms. The van der Waals surface area contributed by atoms with Gasteiger partial charge in [-0.05, 0) is 24.3 Å². The molecule has 0 aliphatic carbocycles. The number of hydrogen-bond acceptors (Lipinski definition) is 5. The maximum atomic E-state index is 11.9. The van der Waals surface area contributed by atoms with Gasteiger partial charge in [-0.25, -0.2) is 9.78 Å². The number of rotatable bonds is 2. The molecule has 1 heterocycles. The van der Waals surface area contributed by atoms with Crippen molar-refractivity contribution in [2.45, 2.75) is 0 Å². The van der Waals surface area contributed by atoms with Crippen LogP contribution in [0.25, 0.3) is 22.4 Å². The van der Waals surface area contributed by atoms with E-state index in [2.05, 4.69) is 4.98 Å². The van der Waals surface area contributed by atoms with E-state index in [4.69, 9.17) is 4.42 Å². The van der Waals surface area contributed by atoms with Gasteiger partial charge in [0, 0.05) is 17.7 Å². The van der Waals surface area contributed by atoms with E-state index in [0.717, 1.165) is 0 Å². The van der Waals surface area contributed by atoms with Gasteiger partial charge in [0.25, 0.3) is 5.69 Å². The van der Waals surface area contributed by atoms with Crippen LogP contribution in [0.4, 0.5) is 5.69 Å². The summed E-state index contributed by atoms with van der Waals surface area (Å²) in [7, 11) is 0. The van der Waals surface area contributed by atoms with Gasteiger partial charge in [0.2, 0.25) is 0 Å². The smallest absolute Gasteiger partial charge is 0.363 e. The van der Waals surface area contributed by atoms with Gasteiger partial charge in [-0.15, -0.1) is 0 Å². The Labute approximate surface area is 112 Å². The molecule has 0 bridgehead atoms. The quantitative estimate of drug-likeness (QED) is 0.527. The predicted molar refractivity (Wildman–Crippen MR) is 72.4 cm³/mol. The third-order valence-corrected chi connectivity index (χ3v) is 2.85. The van der Waals surface area contributed by atoms with E-state index in [1.807, 2.05) is 0 Å². The van der Waals surface area contributed by atoms with Crippen LogP contribution in [0.15, 0.2) is 57.7 Å². The molecule has 0 aliphatic rings. The summed E-state index contributed by atoms with van der Waals surface area (Å²) in [6.45, 7) is 0. The lowest BCUT2D eigenvalue weighted by Crippen LogP contribution is -2.05. The monoisotopic (exact) mass is 268 g/mol. The molecule has 3 rings (SSSR count). The van der Waals surface area contributed by atoms with Crippen molar-refractivity contribution >= 4 is 16.8 Å². The highest BCUT2D eigenvalue weighted by molar-refractivity contribution is 5.74. The van der Waals surface area contributed by atoms with Crippen molar-refractivity contribution in [3.05, 3.63) is 69.1 Å². The van der Waals surface area contributed by atoms with Crippen LogP contribution in [-0.4, -0.2) is 9.91 Å². The average molecular weight is 268 g/mol. The number of nitro benzene ring substituents is 1. The maximum Gasteiger partial charge on any atom is 0.363 e. The Morgan fingerprint density at radius 2 is 1.75 bits per heavy atom.